The Hall–Kier alpha value is -1.05. The van der Waals surface area contributed by atoms with E-state index in [9.17, 15) is 0 Å². The fourth-order valence-electron chi connectivity index (χ4n) is 0.742. The number of aromatic nitrogens is 2. The second-order valence-electron chi connectivity index (χ2n) is 2.65. The van der Waals surface area contributed by atoms with E-state index in [4.69, 9.17) is 0 Å². The molecule has 0 saturated carbocycles. The Morgan fingerprint density at radius 3 is 2.80 bits per heavy atom. The zero-order valence-electron chi connectivity index (χ0n) is 6.39. The summed E-state index contributed by atoms with van der Waals surface area (Å²) in [6.45, 7) is 8.15. The molecule has 0 unspecified atom stereocenters. The van der Waals surface area contributed by atoms with Crippen LogP contribution in [0.3, 0.4) is 0 Å². The van der Waals surface area contributed by atoms with Gasteiger partial charge in [0.25, 0.3) is 0 Å². The van der Waals surface area contributed by atoms with Crippen molar-refractivity contribution < 1.29 is 0 Å². The van der Waals surface area contributed by atoms with Gasteiger partial charge >= 0.3 is 0 Å². The van der Waals surface area contributed by atoms with E-state index in [1.807, 2.05) is 0 Å². The van der Waals surface area contributed by atoms with Crippen LogP contribution >= 0.6 is 0 Å². The van der Waals surface area contributed by atoms with Gasteiger partial charge in [0.2, 0.25) is 0 Å². The van der Waals surface area contributed by atoms with Crippen molar-refractivity contribution in [1.82, 2.24) is 9.97 Å². The van der Waals surface area contributed by atoms with Gasteiger partial charge < -0.3 is 4.98 Å². The summed E-state index contributed by atoms with van der Waals surface area (Å²) in [5, 5.41) is 0. The molecule has 0 aromatic carbocycles. The maximum absolute atomic E-state index is 3.93. The first kappa shape index (κ1) is 7.06. The summed E-state index contributed by atoms with van der Waals surface area (Å²) >= 11 is 0. The van der Waals surface area contributed by atoms with Crippen molar-refractivity contribution in [3.8, 4) is 0 Å². The number of H-pyrrole nitrogens is 1. The fourth-order valence-corrected chi connectivity index (χ4v) is 0.742. The van der Waals surface area contributed by atoms with Gasteiger partial charge in [0.05, 0.1) is 18.2 Å². The third-order valence-corrected chi connectivity index (χ3v) is 1.54. The second kappa shape index (κ2) is 2.69. The van der Waals surface area contributed by atoms with Gasteiger partial charge in [0, 0.05) is 0 Å². The molecule has 0 fully saturated rings. The number of rotatable bonds is 2. The quantitative estimate of drug-likeness (QED) is 0.662. The van der Waals surface area contributed by atoms with Crippen molar-refractivity contribution in [1.29, 1.82) is 0 Å². The highest BCUT2D eigenvalue weighted by molar-refractivity contribution is 5.60. The molecular formula is C8H12N2. The van der Waals surface area contributed by atoms with Crippen molar-refractivity contribution in [3.05, 3.63) is 24.8 Å². The van der Waals surface area contributed by atoms with Crippen LogP contribution in [0, 0.1) is 5.92 Å². The topological polar surface area (TPSA) is 28.7 Å². The third kappa shape index (κ3) is 1.26. The first-order valence-corrected chi connectivity index (χ1v) is 3.39. The number of allylic oxidation sites excluding steroid dienone is 1. The first-order valence-electron chi connectivity index (χ1n) is 3.39. The smallest absolute Gasteiger partial charge is 0.0924 e. The molecule has 0 radical (unpaired) electrons. The molecule has 0 aliphatic rings. The summed E-state index contributed by atoms with van der Waals surface area (Å²) in [7, 11) is 0. The Labute approximate surface area is 61.0 Å². The summed E-state index contributed by atoms with van der Waals surface area (Å²) in [5.74, 6) is 0.487. The number of hydrogen-bond donors (Lipinski definition) is 1. The maximum Gasteiger partial charge on any atom is 0.0924 e. The predicted molar refractivity (Wildman–Crippen MR) is 42.5 cm³/mol. The lowest BCUT2D eigenvalue weighted by molar-refractivity contribution is 0.852. The highest BCUT2D eigenvalue weighted by Crippen LogP contribution is 2.17. The van der Waals surface area contributed by atoms with Crippen molar-refractivity contribution >= 4 is 5.57 Å². The number of aromatic amines is 1. The molecule has 1 rings (SSSR count). The molecule has 0 spiro atoms. The lowest BCUT2D eigenvalue weighted by atomic mass is 10.0. The molecule has 2 heteroatoms. The summed E-state index contributed by atoms with van der Waals surface area (Å²) in [6.07, 6.45) is 3.46. The summed E-state index contributed by atoms with van der Waals surface area (Å²) in [6, 6.07) is 0. The van der Waals surface area contributed by atoms with E-state index in [0.717, 1.165) is 11.3 Å². The molecule has 1 N–H and O–H groups in total. The maximum atomic E-state index is 3.93. The van der Waals surface area contributed by atoms with Crippen LogP contribution in [0.1, 0.15) is 19.5 Å². The van der Waals surface area contributed by atoms with Crippen molar-refractivity contribution in [2.45, 2.75) is 13.8 Å². The van der Waals surface area contributed by atoms with Crippen molar-refractivity contribution in [2.75, 3.05) is 0 Å². The first-order chi connectivity index (χ1) is 4.72. The van der Waals surface area contributed by atoms with Crippen molar-refractivity contribution in [2.24, 2.45) is 5.92 Å². The zero-order valence-corrected chi connectivity index (χ0v) is 6.39. The van der Waals surface area contributed by atoms with E-state index < -0.39 is 0 Å². The Kier molecular flexibility index (Phi) is 1.90. The normalized spacial score (nSPS) is 10.3. The molecule has 0 aliphatic heterocycles. The largest absolute Gasteiger partial charge is 0.345 e. The number of nitrogens with one attached hydrogen (secondary N) is 1. The van der Waals surface area contributed by atoms with Gasteiger partial charge in [0.15, 0.2) is 0 Å². The molecule has 0 bridgehead atoms. The van der Waals surface area contributed by atoms with Crippen molar-refractivity contribution in [3.63, 3.8) is 0 Å². The summed E-state index contributed by atoms with van der Waals surface area (Å²) < 4.78 is 0. The van der Waals surface area contributed by atoms with Gasteiger partial charge in [-0.3, -0.25) is 0 Å². The molecule has 1 aromatic heterocycles. The lowest BCUT2D eigenvalue weighted by Gasteiger charge is -2.04. The minimum atomic E-state index is 0.487. The molecule has 10 heavy (non-hydrogen) atoms. The molecule has 0 amide bonds. The predicted octanol–water partition coefficient (Wildman–Crippen LogP) is 2.08. The van der Waals surface area contributed by atoms with Crippen LogP contribution in [0.15, 0.2) is 19.1 Å². The standard InChI is InChI=1S/C8H12N2/c1-6(2)7(3)8-4-9-5-10-8/h4-6H,3H2,1-2H3,(H,9,10). The van der Waals surface area contributed by atoms with Crippen LogP contribution in [-0.4, -0.2) is 9.97 Å². The minimum Gasteiger partial charge on any atom is -0.345 e. The van der Waals surface area contributed by atoms with E-state index in [-0.39, 0.29) is 0 Å². The van der Waals surface area contributed by atoms with Gasteiger partial charge in [-0.15, -0.1) is 0 Å². The molecular weight excluding hydrogens is 124 g/mol. The Bertz CT molecular complexity index is 209. The van der Waals surface area contributed by atoms with Crippen LogP contribution in [0.5, 0.6) is 0 Å². The number of hydrogen-bond acceptors (Lipinski definition) is 1. The zero-order chi connectivity index (χ0) is 7.56. The van der Waals surface area contributed by atoms with E-state index in [1.165, 1.54) is 0 Å². The van der Waals surface area contributed by atoms with Crippen LogP contribution in [0.25, 0.3) is 5.57 Å². The van der Waals surface area contributed by atoms with E-state index >= 15 is 0 Å². The van der Waals surface area contributed by atoms with Gasteiger partial charge in [0.1, 0.15) is 0 Å². The average molecular weight is 136 g/mol. The Balaban J connectivity index is 2.78. The molecule has 1 aromatic rings. The fraction of sp³-hybridized carbons (Fsp3) is 0.375. The molecule has 0 atom stereocenters. The molecule has 0 saturated heterocycles. The van der Waals surface area contributed by atoms with E-state index in [1.54, 1.807) is 12.5 Å². The van der Waals surface area contributed by atoms with E-state index in [2.05, 4.69) is 30.4 Å². The number of imidazole rings is 1. The van der Waals surface area contributed by atoms with Gasteiger partial charge in [-0.25, -0.2) is 4.98 Å². The molecule has 54 valence electrons. The van der Waals surface area contributed by atoms with Gasteiger partial charge in [-0.2, -0.15) is 0 Å². The lowest BCUT2D eigenvalue weighted by Crippen LogP contribution is -1.90. The molecule has 1 heterocycles. The SMILES string of the molecule is C=C(c1cnc[nH]1)C(C)C. The van der Waals surface area contributed by atoms with Crippen LogP contribution < -0.4 is 0 Å². The molecule has 0 aliphatic carbocycles. The van der Waals surface area contributed by atoms with Gasteiger partial charge in [-0.05, 0) is 11.5 Å². The molecule has 2 nitrogen and oxygen atoms in total. The Morgan fingerprint density at radius 2 is 2.40 bits per heavy atom. The highest BCUT2D eigenvalue weighted by atomic mass is 14.9. The average Bonchev–Trinajstić information content (AvgIpc) is 2.36. The third-order valence-electron chi connectivity index (χ3n) is 1.54. The highest BCUT2D eigenvalue weighted by Gasteiger charge is 2.02. The summed E-state index contributed by atoms with van der Waals surface area (Å²) in [4.78, 5) is 6.92. The van der Waals surface area contributed by atoms with Crippen LogP contribution in [0.2, 0.25) is 0 Å². The summed E-state index contributed by atoms with van der Waals surface area (Å²) in [5.41, 5.74) is 2.15. The minimum absolute atomic E-state index is 0.487. The second-order valence-corrected chi connectivity index (χ2v) is 2.65. The van der Waals surface area contributed by atoms with Crippen LogP contribution in [-0.2, 0) is 0 Å². The monoisotopic (exact) mass is 136 g/mol. The van der Waals surface area contributed by atoms with Gasteiger partial charge in [-0.1, -0.05) is 20.4 Å². The van der Waals surface area contributed by atoms with Crippen LogP contribution in [0.4, 0.5) is 0 Å². The Morgan fingerprint density at radius 1 is 1.70 bits per heavy atom. The van der Waals surface area contributed by atoms with E-state index in [0.29, 0.717) is 5.92 Å². The number of nitrogens with zero attached hydrogens (tertiary/aromatic N) is 1.